The summed E-state index contributed by atoms with van der Waals surface area (Å²) in [5.74, 6) is -0.0332. The zero-order valence-electron chi connectivity index (χ0n) is 10.5. The maximum atomic E-state index is 11.8. The Morgan fingerprint density at radius 3 is 2.83 bits per heavy atom. The molecular weight excluding hydrogens is 250 g/mol. The van der Waals surface area contributed by atoms with Gasteiger partial charge in [0, 0.05) is 6.04 Å². The van der Waals surface area contributed by atoms with Crippen LogP contribution >= 0.6 is 11.6 Å². The number of anilines is 1. The predicted molar refractivity (Wildman–Crippen MR) is 72.9 cm³/mol. The topological polar surface area (TPSA) is 54.0 Å². The van der Waals surface area contributed by atoms with Crippen molar-refractivity contribution in [2.24, 2.45) is 0 Å². The lowest BCUT2D eigenvalue weighted by molar-refractivity contribution is -0.115. The number of pyridine rings is 1. The summed E-state index contributed by atoms with van der Waals surface area (Å²) in [6.07, 6.45) is 4.88. The van der Waals surface area contributed by atoms with Gasteiger partial charge in [-0.25, -0.2) is 4.98 Å². The molecule has 0 radical (unpaired) electrons. The van der Waals surface area contributed by atoms with Crippen molar-refractivity contribution < 1.29 is 4.79 Å². The number of carbonyl (C=O) groups excluding carboxylic acids is 1. The van der Waals surface area contributed by atoms with Gasteiger partial charge in [0.15, 0.2) is 0 Å². The van der Waals surface area contributed by atoms with Crippen LogP contribution in [0.3, 0.4) is 0 Å². The zero-order chi connectivity index (χ0) is 13.0. The zero-order valence-corrected chi connectivity index (χ0v) is 11.3. The average Bonchev–Trinajstić information content (AvgIpc) is 2.83. The van der Waals surface area contributed by atoms with Crippen molar-refractivity contribution in [2.45, 2.75) is 38.6 Å². The van der Waals surface area contributed by atoms with Gasteiger partial charge in [-0.05, 0) is 31.9 Å². The molecule has 2 N–H and O–H groups in total. The van der Waals surface area contributed by atoms with Gasteiger partial charge in [-0.3, -0.25) is 4.79 Å². The molecule has 0 bridgehead atoms. The van der Waals surface area contributed by atoms with Crippen molar-refractivity contribution in [2.75, 3.05) is 11.9 Å². The molecule has 1 fully saturated rings. The summed E-state index contributed by atoms with van der Waals surface area (Å²) in [6.45, 7) is 2.18. The number of aromatic nitrogens is 1. The van der Waals surface area contributed by atoms with Crippen LogP contribution < -0.4 is 10.6 Å². The van der Waals surface area contributed by atoms with E-state index in [0.29, 0.717) is 17.7 Å². The molecule has 2 rings (SSSR count). The van der Waals surface area contributed by atoms with Crippen molar-refractivity contribution in [1.29, 1.82) is 0 Å². The first kappa shape index (κ1) is 13.3. The molecule has 98 valence electrons. The number of nitrogens with one attached hydrogen (secondary N) is 2. The number of halogens is 1. The van der Waals surface area contributed by atoms with Crippen LogP contribution in [-0.4, -0.2) is 23.5 Å². The Labute approximate surface area is 112 Å². The summed E-state index contributed by atoms with van der Waals surface area (Å²) in [5.41, 5.74) is 1.45. The number of hydrogen-bond donors (Lipinski definition) is 2. The lowest BCUT2D eigenvalue weighted by atomic mass is 10.2. The highest BCUT2D eigenvalue weighted by Gasteiger charge is 2.15. The monoisotopic (exact) mass is 267 g/mol. The van der Waals surface area contributed by atoms with E-state index in [4.69, 9.17) is 11.6 Å². The van der Waals surface area contributed by atoms with Crippen molar-refractivity contribution in [1.82, 2.24) is 10.3 Å². The largest absolute Gasteiger partial charge is 0.323 e. The highest BCUT2D eigenvalue weighted by atomic mass is 35.5. The van der Waals surface area contributed by atoms with Crippen LogP contribution in [0, 0.1) is 6.92 Å². The minimum atomic E-state index is -0.0332. The Kier molecular flexibility index (Phi) is 4.55. The maximum Gasteiger partial charge on any atom is 0.238 e. The summed E-state index contributed by atoms with van der Waals surface area (Å²) in [6, 6.07) is 3.95. The molecule has 1 heterocycles. The second-order valence-electron chi connectivity index (χ2n) is 4.68. The first-order chi connectivity index (χ1) is 8.65. The summed E-state index contributed by atoms with van der Waals surface area (Å²) in [4.78, 5) is 15.9. The first-order valence-corrected chi connectivity index (χ1v) is 6.69. The molecule has 1 aromatic heterocycles. The molecule has 1 aliphatic rings. The molecule has 0 spiro atoms. The molecule has 4 nitrogen and oxygen atoms in total. The fourth-order valence-electron chi connectivity index (χ4n) is 2.22. The number of hydrogen-bond acceptors (Lipinski definition) is 3. The molecule has 0 saturated heterocycles. The molecule has 0 aliphatic heterocycles. The molecule has 0 aromatic carbocycles. The molecular formula is C13H18ClN3O. The van der Waals surface area contributed by atoms with E-state index in [-0.39, 0.29) is 5.91 Å². The van der Waals surface area contributed by atoms with E-state index in [1.807, 2.05) is 6.92 Å². The first-order valence-electron chi connectivity index (χ1n) is 6.31. The van der Waals surface area contributed by atoms with Crippen molar-refractivity contribution in [3.63, 3.8) is 0 Å². The third-order valence-electron chi connectivity index (χ3n) is 3.23. The van der Waals surface area contributed by atoms with Crippen molar-refractivity contribution >= 4 is 23.2 Å². The van der Waals surface area contributed by atoms with Gasteiger partial charge in [-0.2, -0.15) is 0 Å². The van der Waals surface area contributed by atoms with Crippen LogP contribution in [0.4, 0.5) is 5.69 Å². The van der Waals surface area contributed by atoms with Gasteiger partial charge in [0.2, 0.25) is 5.91 Å². The molecule has 1 aliphatic carbocycles. The van der Waals surface area contributed by atoms with E-state index in [9.17, 15) is 4.79 Å². The van der Waals surface area contributed by atoms with Crippen molar-refractivity contribution in [3.8, 4) is 0 Å². The van der Waals surface area contributed by atoms with Crippen LogP contribution in [0.15, 0.2) is 12.1 Å². The number of rotatable bonds is 4. The van der Waals surface area contributed by atoms with E-state index < -0.39 is 0 Å². The van der Waals surface area contributed by atoms with Gasteiger partial charge in [-0.15, -0.1) is 0 Å². The van der Waals surface area contributed by atoms with Gasteiger partial charge < -0.3 is 10.6 Å². The van der Waals surface area contributed by atoms with Gasteiger partial charge >= 0.3 is 0 Å². The lowest BCUT2D eigenvalue weighted by Gasteiger charge is -2.12. The van der Waals surface area contributed by atoms with E-state index in [1.165, 1.54) is 25.7 Å². The normalized spacial score (nSPS) is 15.9. The third kappa shape index (κ3) is 3.68. The molecule has 5 heteroatoms. The highest BCUT2D eigenvalue weighted by molar-refractivity contribution is 6.29. The SMILES string of the molecule is Cc1nc(Cl)ccc1NC(=O)CNC1CCCC1. The van der Waals surface area contributed by atoms with Gasteiger partial charge in [0.05, 0.1) is 17.9 Å². The highest BCUT2D eigenvalue weighted by Crippen LogP contribution is 2.18. The van der Waals surface area contributed by atoms with Crippen LogP contribution in [0.1, 0.15) is 31.4 Å². The minimum absolute atomic E-state index is 0.0332. The van der Waals surface area contributed by atoms with Gasteiger partial charge in [-0.1, -0.05) is 24.4 Å². The second-order valence-corrected chi connectivity index (χ2v) is 5.06. The summed E-state index contributed by atoms with van der Waals surface area (Å²) < 4.78 is 0. The van der Waals surface area contributed by atoms with Gasteiger partial charge in [0.25, 0.3) is 0 Å². The fraction of sp³-hybridized carbons (Fsp3) is 0.538. The van der Waals surface area contributed by atoms with Crippen LogP contribution in [0.5, 0.6) is 0 Å². The maximum absolute atomic E-state index is 11.8. The van der Waals surface area contributed by atoms with Crippen molar-refractivity contribution in [3.05, 3.63) is 23.0 Å². The van der Waals surface area contributed by atoms with Crippen LogP contribution in [0.2, 0.25) is 5.15 Å². The summed E-state index contributed by atoms with van der Waals surface area (Å²) in [7, 11) is 0. The smallest absolute Gasteiger partial charge is 0.238 e. The Balaban J connectivity index is 1.82. The number of carbonyl (C=O) groups is 1. The lowest BCUT2D eigenvalue weighted by Crippen LogP contribution is -2.34. The summed E-state index contributed by atoms with van der Waals surface area (Å²) >= 11 is 5.76. The van der Waals surface area contributed by atoms with Crippen LogP contribution in [-0.2, 0) is 4.79 Å². The Morgan fingerprint density at radius 1 is 1.44 bits per heavy atom. The molecule has 18 heavy (non-hydrogen) atoms. The van der Waals surface area contributed by atoms with Crippen LogP contribution in [0.25, 0.3) is 0 Å². The fourth-order valence-corrected chi connectivity index (χ4v) is 2.41. The number of amides is 1. The Morgan fingerprint density at radius 2 is 2.17 bits per heavy atom. The molecule has 1 aromatic rings. The Bertz CT molecular complexity index is 430. The third-order valence-corrected chi connectivity index (χ3v) is 3.44. The van der Waals surface area contributed by atoms with E-state index in [1.54, 1.807) is 12.1 Å². The second kappa shape index (κ2) is 6.16. The average molecular weight is 268 g/mol. The molecule has 0 unspecified atom stereocenters. The molecule has 0 atom stereocenters. The number of aryl methyl sites for hydroxylation is 1. The molecule has 1 saturated carbocycles. The summed E-state index contributed by atoms with van der Waals surface area (Å²) in [5, 5.41) is 6.55. The standard InChI is InChI=1S/C13H18ClN3O/c1-9-11(6-7-12(14)16-9)17-13(18)8-15-10-4-2-3-5-10/h6-7,10,15H,2-5,8H2,1H3,(H,17,18). The molecule has 1 amide bonds. The van der Waals surface area contributed by atoms with E-state index >= 15 is 0 Å². The quantitative estimate of drug-likeness (QED) is 0.825. The Hall–Kier alpha value is -1.13. The predicted octanol–water partition coefficient (Wildman–Crippen LogP) is 2.51. The number of nitrogens with zero attached hydrogens (tertiary/aromatic N) is 1. The van der Waals surface area contributed by atoms with Gasteiger partial charge in [0.1, 0.15) is 5.15 Å². The van der Waals surface area contributed by atoms with E-state index in [2.05, 4.69) is 15.6 Å². The van der Waals surface area contributed by atoms with E-state index in [0.717, 1.165) is 11.4 Å². The minimum Gasteiger partial charge on any atom is -0.323 e.